The van der Waals surface area contributed by atoms with Crippen LogP contribution in [0, 0.1) is 35.5 Å². The van der Waals surface area contributed by atoms with Gasteiger partial charge in [0, 0.05) is 61.9 Å². The van der Waals surface area contributed by atoms with Crippen LogP contribution in [0.4, 0.5) is 0 Å². The van der Waals surface area contributed by atoms with E-state index in [0.29, 0.717) is 42.7 Å². The lowest BCUT2D eigenvalue weighted by Gasteiger charge is -2.49. The number of carbonyl (C=O) groups is 2. The van der Waals surface area contributed by atoms with Gasteiger partial charge in [0.15, 0.2) is 18.4 Å². The van der Waals surface area contributed by atoms with E-state index in [1.807, 2.05) is 56.2 Å². The summed E-state index contributed by atoms with van der Waals surface area (Å²) >= 11 is 6.42. The highest BCUT2D eigenvalue weighted by Gasteiger charge is 2.61. The van der Waals surface area contributed by atoms with Crippen LogP contribution >= 0.6 is 11.6 Å². The molecule has 16 heteroatoms. The molecule has 3 aliphatic carbocycles. The molecule has 5 fully saturated rings. The molecular formula is C49H73ClN4O11. The van der Waals surface area contributed by atoms with Crippen molar-refractivity contribution in [2.45, 2.75) is 165 Å². The first kappa shape index (κ1) is 48.8. The Bertz CT molecular complexity index is 1890. The molecule has 3 N–H and O–H groups in total. The van der Waals surface area contributed by atoms with E-state index < -0.39 is 60.8 Å². The van der Waals surface area contributed by atoms with Crippen molar-refractivity contribution in [1.29, 1.82) is 0 Å². The fourth-order valence-electron chi connectivity index (χ4n) is 12.6. The Morgan fingerprint density at radius 3 is 2.37 bits per heavy atom. The number of carbonyl (C=O) groups excluding carboxylic acids is 2. The first-order valence-electron chi connectivity index (χ1n) is 24.0. The first-order chi connectivity index (χ1) is 31.2. The van der Waals surface area contributed by atoms with Crippen LogP contribution in [-0.4, -0.2) is 142 Å². The predicted octanol–water partition coefficient (Wildman–Crippen LogP) is 5.64. The Morgan fingerprint density at radius 2 is 1.68 bits per heavy atom. The zero-order chi connectivity index (χ0) is 46.3. The van der Waals surface area contributed by atoms with Gasteiger partial charge in [0.2, 0.25) is 0 Å². The first-order valence-corrected chi connectivity index (χ1v) is 24.4. The number of esters is 1. The fraction of sp³-hybridized carbons (Fsp3) is 0.755. The van der Waals surface area contributed by atoms with Crippen LogP contribution in [0.2, 0.25) is 5.02 Å². The third-order valence-corrected chi connectivity index (χ3v) is 16.1. The van der Waals surface area contributed by atoms with Crippen molar-refractivity contribution in [2.75, 3.05) is 35.4 Å². The highest BCUT2D eigenvalue weighted by Crippen LogP contribution is 2.58. The number of aliphatic hydroxyl groups is 1. The van der Waals surface area contributed by atoms with Gasteiger partial charge in [-0.05, 0) is 115 Å². The van der Waals surface area contributed by atoms with E-state index in [1.54, 1.807) is 21.3 Å². The summed E-state index contributed by atoms with van der Waals surface area (Å²) in [5, 5.41) is 15.6. The van der Waals surface area contributed by atoms with Gasteiger partial charge in [0.25, 0.3) is 0 Å². The highest BCUT2D eigenvalue weighted by molar-refractivity contribution is 6.30. The molecule has 0 radical (unpaired) electrons. The number of benzene rings is 1. The van der Waals surface area contributed by atoms with E-state index in [0.717, 1.165) is 30.5 Å². The standard InChI is InChI=1S/C49H73ClN4O11/c1-10-30-15-12-16-39(65-41-18-17-38(53(5)6)26(3)61-41)25(2)44(56)36-22-33-32-20-31(64-49-48(60-9)47(59-8)46(58-7)27(4)62-49)21-35(32)43(45(57)42(33)34(36)23-40(55)63-30)54-24-37(51-52-54)28-13-11-14-29(50)19-28/h11,13-14,19,22,24-27,30-35,38-39,41-43,45-49,51-52,57H,10,12,15-18,20-21,23H2,1-9H3/t25-,26?,27?,30+,31+,32+,33+,34-,35-,38+,39+,41+,42-,43?,45?,46+,47?,48+,49+/m1/s1. The number of methoxy groups -OCH3 is 3. The molecule has 65 heavy (non-hydrogen) atoms. The minimum Gasteiger partial charge on any atom is -0.462 e. The number of nitrogens with one attached hydrogen (secondary N) is 2. The van der Waals surface area contributed by atoms with E-state index in [4.69, 9.17) is 49.5 Å². The number of ether oxygens (including phenoxy) is 8. The third kappa shape index (κ3) is 9.95. The van der Waals surface area contributed by atoms with Crippen LogP contribution in [0.15, 0.2) is 42.1 Å². The lowest BCUT2D eigenvalue weighted by molar-refractivity contribution is -0.314. The maximum Gasteiger partial charge on any atom is 0.306 e. The summed E-state index contributed by atoms with van der Waals surface area (Å²) in [5.41, 5.74) is 8.92. The molecule has 8 rings (SSSR count). The van der Waals surface area contributed by atoms with E-state index >= 15 is 4.79 Å². The van der Waals surface area contributed by atoms with Crippen LogP contribution in [0.5, 0.6) is 0 Å². The van der Waals surface area contributed by atoms with Crippen LogP contribution in [0.3, 0.4) is 0 Å². The molecule has 0 bridgehead atoms. The molecule has 15 nitrogen and oxygen atoms in total. The third-order valence-electron chi connectivity index (χ3n) is 15.9. The number of ketones is 1. The van der Waals surface area contributed by atoms with Crippen molar-refractivity contribution in [2.24, 2.45) is 35.5 Å². The summed E-state index contributed by atoms with van der Waals surface area (Å²) in [4.78, 5) is 31.5. The van der Waals surface area contributed by atoms with Gasteiger partial charge in [-0.1, -0.05) is 43.7 Å². The number of likely N-dealkylation sites (N-methyl/N-ethyl adjacent to an activating group) is 1. The topological polar surface area (TPSA) is 159 Å². The number of hydrogen-bond acceptors (Lipinski definition) is 15. The zero-order valence-electron chi connectivity index (χ0n) is 39.6. The van der Waals surface area contributed by atoms with Gasteiger partial charge >= 0.3 is 5.97 Å². The highest BCUT2D eigenvalue weighted by atomic mass is 35.5. The van der Waals surface area contributed by atoms with E-state index in [1.165, 1.54) is 0 Å². The smallest absolute Gasteiger partial charge is 0.306 e. The number of Topliss-reactive ketones (excluding diaryl/α,β-unsaturated/α-hetero) is 1. The Hall–Kier alpha value is -2.67. The molecule has 7 aliphatic rings. The van der Waals surface area contributed by atoms with Crippen molar-refractivity contribution in [3.63, 3.8) is 0 Å². The van der Waals surface area contributed by atoms with Crippen LogP contribution in [0.1, 0.15) is 91.0 Å². The van der Waals surface area contributed by atoms with Gasteiger partial charge in [-0.15, -0.1) is 5.53 Å². The van der Waals surface area contributed by atoms with Gasteiger partial charge in [0.1, 0.15) is 24.4 Å². The van der Waals surface area contributed by atoms with Crippen molar-refractivity contribution < 1.29 is 52.6 Å². The van der Waals surface area contributed by atoms with Crippen LogP contribution in [-0.2, 0) is 47.5 Å². The zero-order valence-corrected chi connectivity index (χ0v) is 40.4. The molecule has 4 aliphatic heterocycles. The number of fused-ring (bicyclic) bond motifs is 5. The molecule has 3 saturated heterocycles. The molecule has 19 atom stereocenters. The van der Waals surface area contributed by atoms with Gasteiger partial charge in [-0.2, -0.15) is 0 Å². The number of hydrogen-bond donors (Lipinski definition) is 3. The molecule has 5 unspecified atom stereocenters. The van der Waals surface area contributed by atoms with E-state index in [-0.39, 0.29) is 72.5 Å². The quantitative estimate of drug-likeness (QED) is 0.234. The van der Waals surface area contributed by atoms with Crippen LogP contribution in [0.25, 0.3) is 5.70 Å². The molecule has 0 aromatic heterocycles. The van der Waals surface area contributed by atoms with Gasteiger partial charge < -0.3 is 53.3 Å². The predicted molar refractivity (Wildman–Crippen MR) is 242 cm³/mol. The normalized spacial score (nSPS) is 42.5. The lowest BCUT2D eigenvalue weighted by Crippen LogP contribution is -2.60. The number of allylic oxidation sites excluding steroid dienone is 2. The number of nitrogens with zero attached hydrogens (tertiary/aromatic N) is 2. The molecule has 362 valence electrons. The summed E-state index contributed by atoms with van der Waals surface area (Å²) in [5.74, 6) is -2.29. The Morgan fingerprint density at radius 1 is 0.923 bits per heavy atom. The molecule has 4 heterocycles. The molecular weight excluding hydrogens is 856 g/mol. The van der Waals surface area contributed by atoms with Crippen molar-refractivity contribution in [3.8, 4) is 0 Å². The number of aliphatic hydroxyl groups excluding tert-OH is 1. The minimum absolute atomic E-state index is 0.0125. The molecule has 0 spiro atoms. The summed E-state index contributed by atoms with van der Waals surface area (Å²) in [7, 11) is 9.04. The summed E-state index contributed by atoms with van der Waals surface area (Å²) in [6, 6.07) is 7.41. The number of cyclic esters (lactones) is 1. The minimum atomic E-state index is -0.958. The Kier molecular flexibility index (Phi) is 15.7. The van der Waals surface area contributed by atoms with Gasteiger partial charge in [0.05, 0.1) is 48.7 Å². The van der Waals surface area contributed by atoms with Crippen molar-refractivity contribution in [3.05, 3.63) is 52.7 Å². The maximum atomic E-state index is 15.2. The molecule has 0 amide bonds. The second-order valence-corrected chi connectivity index (χ2v) is 20.2. The number of rotatable bonds is 11. The Balaban J connectivity index is 1.13. The Labute approximate surface area is 390 Å². The summed E-state index contributed by atoms with van der Waals surface area (Å²) in [6.07, 6.45) is 4.91. The van der Waals surface area contributed by atoms with Crippen molar-refractivity contribution >= 4 is 29.1 Å². The van der Waals surface area contributed by atoms with E-state index in [9.17, 15) is 9.90 Å². The van der Waals surface area contributed by atoms with Gasteiger partial charge in [-0.25, -0.2) is 0 Å². The van der Waals surface area contributed by atoms with E-state index in [2.05, 4.69) is 43.0 Å². The average Bonchev–Trinajstić information content (AvgIpc) is 4.03. The SMILES string of the molecule is CC[C@H]1CCC[C@H](O[C@H]2CC[C@H](N(C)C)C(C)O2)[C@@H](C)C(=O)C2=C[C@H]3[C@@H]4C[C@H](O[C@@H]5OC(C)[C@H](OC)C(OC)[C@@H]5OC)C[C@H]4C(N4C=C(c5cccc(Cl)c5)NN4)C(O)[C@H]3[C@@H]2CC(=O)O1. The number of halogens is 1. The van der Waals surface area contributed by atoms with Crippen molar-refractivity contribution in [1.82, 2.24) is 20.9 Å². The second kappa shape index (κ2) is 20.9. The monoisotopic (exact) mass is 928 g/mol. The molecule has 2 saturated carbocycles. The lowest BCUT2D eigenvalue weighted by atomic mass is 9.62. The van der Waals surface area contributed by atoms with Crippen LogP contribution < -0.4 is 11.0 Å². The molecule has 1 aromatic rings. The maximum absolute atomic E-state index is 15.2. The van der Waals surface area contributed by atoms with Gasteiger partial charge in [-0.3, -0.25) is 14.6 Å². The number of hydrazine groups is 2. The average molecular weight is 930 g/mol. The molecule has 1 aromatic carbocycles. The summed E-state index contributed by atoms with van der Waals surface area (Å²) < 4.78 is 50.5. The largest absolute Gasteiger partial charge is 0.462 e. The summed E-state index contributed by atoms with van der Waals surface area (Å²) in [6.45, 7) is 8.03. The fourth-order valence-corrected chi connectivity index (χ4v) is 12.8. The second-order valence-electron chi connectivity index (χ2n) is 19.8.